The highest BCUT2D eigenvalue weighted by Gasteiger charge is 2.18. The van der Waals surface area contributed by atoms with Gasteiger partial charge in [0.15, 0.2) is 5.65 Å². The van der Waals surface area contributed by atoms with Gasteiger partial charge in [0.25, 0.3) is 5.91 Å². The highest BCUT2D eigenvalue weighted by Crippen LogP contribution is 2.24. The van der Waals surface area contributed by atoms with Gasteiger partial charge in [-0.25, -0.2) is 14.2 Å². The average molecular weight is 394 g/mol. The van der Waals surface area contributed by atoms with Gasteiger partial charge in [0.05, 0.1) is 35.7 Å². The topological polar surface area (TPSA) is 104 Å². The third kappa shape index (κ3) is 3.61. The minimum Gasteiger partial charge on any atom is -0.360 e. The Balaban J connectivity index is 1.62. The first-order valence-electron chi connectivity index (χ1n) is 9.39. The summed E-state index contributed by atoms with van der Waals surface area (Å²) >= 11 is 0. The molecule has 0 aliphatic rings. The van der Waals surface area contributed by atoms with Gasteiger partial charge in [-0.3, -0.25) is 9.48 Å². The van der Waals surface area contributed by atoms with Crippen LogP contribution in [0.3, 0.4) is 0 Å². The van der Waals surface area contributed by atoms with E-state index in [0.717, 1.165) is 23.5 Å². The van der Waals surface area contributed by atoms with Crippen molar-refractivity contribution in [1.29, 1.82) is 0 Å². The summed E-state index contributed by atoms with van der Waals surface area (Å²) in [4.78, 5) is 17.2. The number of ether oxygens (including phenoxy) is 1. The molecular formula is C19H22N8O2. The fraction of sp³-hybridized carbons (Fsp3) is 0.316. The number of carbonyl (C=O) groups is 1. The Hall–Kier alpha value is -3.53. The molecule has 0 aromatic carbocycles. The highest BCUT2D eigenvalue weighted by atomic mass is 16.5. The van der Waals surface area contributed by atoms with Gasteiger partial charge in [0, 0.05) is 31.1 Å². The van der Waals surface area contributed by atoms with E-state index in [1.807, 2.05) is 37.7 Å². The summed E-state index contributed by atoms with van der Waals surface area (Å²) in [6, 6.07) is 1.86. The van der Waals surface area contributed by atoms with E-state index < -0.39 is 0 Å². The summed E-state index contributed by atoms with van der Waals surface area (Å²) in [5, 5.41) is 15.9. The van der Waals surface area contributed by atoms with Crippen LogP contribution in [0.4, 0.5) is 5.69 Å². The molecule has 4 aromatic heterocycles. The molecule has 1 amide bonds. The first kappa shape index (κ1) is 18.8. The number of hydrogen-bond donors (Lipinski definition) is 1. The zero-order valence-electron chi connectivity index (χ0n) is 16.5. The Morgan fingerprint density at radius 3 is 2.79 bits per heavy atom. The molecule has 150 valence electrons. The van der Waals surface area contributed by atoms with Crippen LogP contribution in [0.1, 0.15) is 29.9 Å². The first-order valence-corrected chi connectivity index (χ1v) is 9.39. The lowest BCUT2D eigenvalue weighted by Crippen LogP contribution is -2.12. The maximum Gasteiger partial charge on any atom is 0.261 e. The lowest BCUT2D eigenvalue weighted by Gasteiger charge is -2.04. The summed E-state index contributed by atoms with van der Waals surface area (Å²) in [6.45, 7) is 7.59. The number of carbonyl (C=O) groups excluding carboxylic acids is 1. The van der Waals surface area contributed by atoms with Crippen molar-refractivity contribution in [1.82, 2.24) is 34.2 Å². The summed E-state index contributed by atoms with van der Waals surface area (Å²) < 4.78 is 10.4. The molecule has 0 saturated carbocycles. The molecule has 4 aromatic rings. The maximum absolute atomic E-state index is 12.8. The van der Waals surface area contributed by atoms with E-state index >= 15 is 0 Å². The minimum absolute atomic E-state index is 0.304. The quantitative estimate of drug-likeness (QED) is 0.516. The van der Waals surface area contributed by atoms with E-state index in [1.54, 1.807) is 27.8 Å². The SMILES string of the molecule is CCOCn1cc(NC(=O)c2cnn3c(-c4cn(CC)nc4C)ccnc23)cn1. The molecule has 4 rings (SSSR count). The van der Waals surface area contributed by atoms with Crippen LogP contribution < -0.4 is 5.32 Å². The van der Waals surface area contributed by atoms with Crippen molar-refractivity contribution in [3.8, 4) is 11.3 Å². The smallest absolute Gasteiger partial charge is 0.261 e. The highest BCUT2D eigenvalue weighted by molar-refractivity contribution is 6.08. The van der Waals surface area contributed by atoms with E-state index in [1.165, 1.54) is 6.20 Å². The molecule has 0 spiro atoms. The molecule has 0 bridgehead atoms. The lowest BCUT2D eigenvalue weighted by molar-refractivity contribution is 0.0792. The molecule has 4 heterocycles. The maximum atomic E-state index is 12.8. The number of hydrogen-bond acceptors (Lipinski definition) is 6. The third-order valence-corrected chi connectivity index (χ3v) is 4.51. The van der Waals surface area contributed by atoms with Crippen LogP contribution in [0.2, 0.25) is 0 Å². The Bertz CT molecular complexity index is 1160. The Morgan fingerprint density at radius 1 is 1.17 bits per heavy atom. The lowest BCUT2D eigenvalue weighted by atomic mass is 10.2. The van der Waals surface area contributed by atoms with Crippen LogP contribution in [-0.4, -0.2) is 46.7 Å². The van der Waals surface area contributed by atoms with E-state index in [9.17, 15) is 4.79 Å². The normalized spacial score (nSPS) is 11.3. The Kier molecular flexibility index (Phi) is 5.09. The molecule has 0 fully saturated rings. The van der Waals surface area contributed by atoms with E-state index in [0.29, 0.717) is 30.2 Å². The number of aryl methyl sites for hydroxylation is 2. The van der Waals surface area contributed by atoms with Crippen molar-refractivity contribution >= 4 is 17.2 Å². The molecule has 1 N–H and O–H groups in total. The van der Waals surface area contributed by atoms with Gasteiger partial charge < -0.3 is 10.1 Å². The Labute approximate surface area is 167 Å². The van der Waals surface area contributed by atoms with Crippen LogP contribution in [-0.2, 0) is 18.0 Å². The van der Waals surface area contributed by atoms with Crippen molar-refractivity contribution < 1.29 is 9.53 Å². The standard InChI is InChI=1S/C19H22N8O2/c1-4-25-11-16(13(3)24-25)17-6-7-20-18-15(9-22-27(17)18)19(28)23-14-8-21-26(10-14)12-29-5-2/h6-11H,4-5,12H2,1-3H3,(H,23,28). The second kappa shape index (κ2) is 7.84. The van der Waals surface area contributed by atoms with Crippen LogP contribution in [0.25, 0.3) is 16.9 Å². The molecule has 0 unspecified atom stereocenters. The van der Waals surface area contributed by atoms with E-state index in [4.69, 9.17) is 4.74 Å². The van der Waals surface area contributed by atoms with Crippen molar-refractivity contribution in [3.05, 3.63) is 48.3 Å². The van der Waals surface area contributed by atoms with Crippen LogP contribution in [0.5, 0.6) is 0 Å². The zero-order valence-corrected chi connectivity index (χ0v) is 16.5. The molecule has 0 aliphatic carbocycles. The second-order valence-corrected chi connectivity index (χ2v) is 6.45. The summed E-state index contributed by atoms with van der Waals surface area (Å²) in [6.07, 6.45) is 8.44. The number of anilines is 1. The predicted octanol–water partition coefficient (Wildman–Crippen LogP) is 2.36. The second-order valence-electron chi connectivity index (χ2n) is 6.45. The first-order chi connectivity index (χ1) is 14.1. The molecule has 0 atom stereocenters. The zero-order chi connectivity index (χ0) is 20.4. The van der Waals surface area contributed by atoms with E-state index in [2.05, 4.69) is 25.6 Å². The average Bonchev–Trinajstić information content (AvgIpc) is 3.44. The van der Waals surface area contributed by atoms with Gasteiger partial charge in [-0.15, -0.1) is 0 Å². The van der Waals surface area contributed by atoms with Crippen molar-refractivity contribution in [2.45, 2.75) is 34.0 Å². The monoisotopic (exact) mass is 394 g/mol. The molecule has 0 saturated heterocycles. The van der Waals surface area contributed by atoms with Crippen molar-refractivity contribution in [3.63, 3.8) is 0 Å². The van der Waals surface area contributed by atoms with Gasteiger partial charge in [-0.2, -0.15) is 15.3 Å². The summed E-state index contributed by atoms with van der Waals surface area (Å²) in [7, 11) is 0. The van der Waals surface area contributed by atoms with Crippen LogP contribution in [0.15, 0.2) is 37.1 Å². The molecule has 10 heteroatoms. The predicted molar refractivity (Wildman–Crippen MR) is 106 cm³/mol. The van der Waals surface area contributed by atoms with Gasteiger partial charge in [0.1, 0.15) is 12.3 Å². The third-order valence-electron chi connectivity index (χ3n) is 4.51. The number of aromatic nitrogens is 7. The molecule has 10 nitrogen and oxygen atoms in total. The van der Waals surface area contributed by atoms with E-state index in [-0.39, 0.29) is 5.91 Å². The van der Waals surface area contributed by atoms with Gasteiger partial charge in [-0.05, 0) is 26.8 Å². The van der Waals surface area contributed by atoms with Gasteiger partial charge >= 0.3 is 0 Å². The largest absolute Gasteiger partial charge is 0.360 e. The fourth-order valence-corrected chi connectivity index (χ4v) is 3.07. The number of nitrogens with one attached hydrogen (secondary N) is 1. The van der Waals surface area contributed by atoms with Crippen molar-refractivity contribution in [2.24, 2.45) is 0 Å². The summed E-state index contributed by atoms with van der Waals surface area (Å²) in [5.41, 5.74) is 4.10. The fourth-order valence-electron chi connectivity index (χ4n) is 3.07. The van der Waals surface area contributed by atoms with Crippen molar-refractivity contribution in [2.75, 3.05) is 11.9 Å². The molecule has 0 aliphatic heterocycles. The Morgan fingerprint density at radius 2 is 2.03 bits per heavy atom. The number of rotatable bonds is 7. The van der Waals surface area contributed by atoms with Gasteiger partial charge in [0.2, 0.25) is 0 Å². The van der Waals surface area contributed by atoms with Crippen LogP contribution in [0, 0.1) is 6.92 Å². The van der Waals surface area contributed by atoms with Gasteiger partial charge in [-0.1, -0.05) is 0 Å². The summed E-state index contributed by atoms with van der Waals surface area (Å²) in [5.74, 6) is -0.304. The molecular weight excluding hydrogens is 372 g/mol. The number of amides is 1. The minimum atomic E-state index is -0.304. The number of fused-ring (bicyclic) bond motifs is 1. The van der Waals surface area contributed by atoms with Crippen LogP contribution >= 0.6 is 0 Å². The number of nitrogens with zero attached hydrogens (tertiary/aromatic N) is 7. The molecule has 29 heavy (non-hydrogen) atoms. The molecule has 0 radical (unpaired) electrons.